The molecule has 1 amide bonds. The lowest BCUT2D eigenvalue weighted by Crippen LogP contribution is -2.43. The van der Waals surface area contributed by atoms with E-state index in [0.717, 1.165) is 25.2 Å². The molecule has 0 bridgehead atoms. The van der Waals surface area contributed by atoms with Crippen LogP contribution in [0.15, 0.2) is 35.3 Å². The molecular formula is C19H34IN5O. The average molecular weight is 475 g/mol. The number of rotatable bonds is 9. The molecule has 0 spiro atoms. The fraction of sp³-hybridized carbons (Fsp3) is 0.579. The summed E-state index contributed by atoms with van der Waals surface area (Å²) in [6.07, 6.45) is 1.02. The van der Waals surface area contributed by atoms with Gasteiger partial charge in [0.2, 0.25) is 5.91 Å². The van der Waals surface area contributed by atoms with Crippen molar-refractivity contribution in [2.24, 2.45) is 4.99 Å². The Morgan fingerprint density at radius 1 is 1.08 bits per heavy atom. The summed E-state index contributed by atoms with van der Waals surface area (Å²) < 4.78 is 0. The van der Waals surface area contributed by atoms with Crippen molar-refractivity contribution in [3.8, 4) is 0 Å². The number of benzene rings is 1. The molecular weight excluding hydrogens is 441 g/mol. The molecule has 1 aromatic carbocycles. The summed E-state index contributed by atoms with van der Waals surface area (Å²) in [4.78, 5) is 18.6. The van der Waals surface area contributed by atoms with Gasteiger partial charge in [0.15, 0.2) is 5.96 Å². The molecule has 0 radical (unpaired) electrons. The molecule has 148 valence electrons. The third-order valence-electron chi connectivity index (χ3n) is 3.91. The molecule has 0 atom stereocenters. The van der Waals surface area contributed by atoms with Crippen molar-refractivity contribution in [1.82, 2.24) is 15.5 Å². The van der Waals surface area contributed by atoms with E-state index in [4.69, 9.17) is 0 Å². The lowest BCUT2D eigenvalue weighted by atomic mass is 10.2. The van der Waals surface area contributed by atoms with E-state index < -0.39 is 0 Å². The number of nitrogens with zero attached hydrogens (tertiary/aromatic N) is 2. The van der Waals surface area contributed by atoms with Crippen molar-refractivity contribution in [1.29, 1.82) is 0 Å². The third kappa shape index (κ3) is 9.96. The van der Waals surface area contributed by atoms with Crippen molar-refractivity contribution >= 4 is 41.5 Å². The number of carbonyl (C=O) groups excluding carboxylic acids is 1. The summed E-state index contributed by atoms with van der Waals surface area (Å²) in [5.74, 6) is 0.545. The summed E-state index contributed by atoms with van der Waals surface area (Å²) in [6.45, 7) is 10.9. The summed E-state index contributed by atoms with van der Waals surface area (Å²) in [7, 11) is 1.71. The number of guanidine groups is 1. The quantitative estimate of drug-likeness (QED) is 0.222. The van der Waals surface area contributed by atoms with Gasteiger partial charge in [-0.25, -0.2) is 0 Å². The number of halogens is 1. The number of para-hydroxylation sites is 1. The number of aliphatic imine (C=N–C) groups is 1. The molecule has 26 heavy (non-hydrogen) atoms. The molecule has 1 rings (SSSR count). The number of hydrogen-bond acceptors (Lipinski definition) is 3. The van der Waals surface area contributed by atoms with Crippen molar-refractivity contribution in [3.05, 3.63) is 30.3 Å². The first kappa shape index (κ1) is 24.7. The van der Waals surface area contributed by atoms with Crippen LogP contribution in [-0.2, 0) is 4.79 Å². The van der Waals surface area contributed by atoms with E-state index in [0.29, 0.717) is 18.0 Å². The summed E-state index contributed by atoms with van der Waals surface area (Å²) in [5, 5.41) is 9.13. The van der Waals surface area contributed by atoms with Crippen LogP contribution in [0.4, 0.5) is 5.69 Å². The van der Waals surface area contributed by atoms with Crippen LogP contribution in [0.1, 0.15) is 34.1 Å². The molecule has 3 N–H and O–H groups in total. The summed E-state index contributed by atoms with van der Waals surface area (Å²) >= 11 is 0. The van der Waals surface area contributed by atoms with Gasteiger partial charge in [-0.15, -0.1) is 24.0 Å². The lowest BCUT2D eigenvalue weighted by Gasteiger charge is -2.30. The van der Waals surface area contributed by atoms with Gasteiger partial charge in [0.1, 0.15) is 0 Å². The average Bonchev–Trinajstić information content (AvgIpc) is 2.57. The number of hydrogen-bond donors (Lipinski definition) is 3. The maximum Gasteiger partial charge on any atom is 0.243 e. The predicted octanol–water partition coefficient (Wildman–Crippen LogP) is 2.92. The molecule has 0 unspecified atom stereocenters. The molecule has 0 aliphatic carbocycles. The Labute approximate surface area is 175 Å². The normalized spacial score (nSPS) is 11.5. The molecule has 0 heterocycles. The largest absolute Gasteiger partial charge is 0.356 e. The zero-order valence-corrected chi connectivity index (χ0v) is 18.9. The fourth-order valence-corrected chi connectivity index (χ4v) is 2.69. The number of amides is 1. The van der Waals surface area contributed by atoms with Crippen molar-refractivity contribution in [2.75, 3.05) is 32.0 Å². The third-order valence-corrected chi connectivity index (χ3v) is 3.91. The van der Waals surface area contributed by atoms with E-state index >= 15 is 0 Å². The van der Waals surface area contributed by atoms with Crippen LogP contribution < -0.4 is 16.0 Å². The Kier molecular flexibility index (Phi) is 13.1. The monoisotopic (exact) mass is 475 g/mol. The molecule has 6 nitrogen and oxygen atoms in total. The molecule has 1 aromatic rings. The van der Waals surface area contributed by atoms with Crippen molar-refractivity contribution in [3.63, 3.8) is 0 Å². The van der Waals surface area contributed by atoms with E-state index in [1.54, 1.807) is 7.05 Å². The highest BCUT2D eigenvalue weighted by Gasteiger charge is 2.12. The smallest absolute Gasteiger partial charge is 0.243 e. The first-order valence-electron chi connectivity index (χ1n) is 8.99. The van der Waals surface area contributed by atoms with Gasteiger partial charge in [0.05, 0.1) is 6.54 Å². The SMILES string of the molecule is CN=C(NCCCN(C(C)C)C(C)C)NCC(=O)Nc1ccccc1.I. The van der Waals surface area contributed by atoms with Gasteiger partial charge in [-0.1, -0.05) is 18.2 Å². The second-order valence-corrected chi connectivity index (χ2v) is 6.55. The van der Waals surface area contributed by atoms with Crippen LogP contribution in [0.3, 0.4) is 0 Å². The molecule has 0 aliphatic rings. The molecule has 0 saturated heterocycles. The van der Waals surface area contributed by atoms with Gasteiger partial charge >= 0.3 is 0 Å². The highest BCUT2D eigenvalue weighted by Crippen LogP contribution is 2.05. The van der Waals surface area contributed by atoms with Gasteiger partial charge in [0, 0.05) is 37.9 Å². The maximum atomic E-state index is 11.9. The Morgan fingerprint density at radius 2 is 1.69 bits per heavy atom. The Balaban J connectivity index is 0.00000625. The Morgan fingerprint density at radius 3 is 2.23 bits per heavy atom. The molecule has 0 aromatic heterocycles. The van der Waals surface area contributed by atoms with Gasteiger partial charge in [0.25, 0.3) is 0 Å². The van der Waals surface area contributed by atoms with E-state index in [1.807, 2.05) is 30.3 Å². The Hall–Kier alpha value is -1.35. The highest BCUT2D eigenvalue weighted by atomic mass is 127. The van der Waals surface area contributed by atoms with E-state index in [-0.39, 0.29) is 36.4 Å². The fourth-order valence-electron chi connectivity index (χ4n) is 2.69. The minimum absolute atomic E-state index is 0. The topological polar surface area (TPSA) is 68.8 Å². The Bertz CT molecular complexity index is 526. The highest BCUT2D eigenvalue weighted by molar-refractivity contribution is 14.0. The van der Waals surface area contributed by atoms with Crippen molar-refractivity contribution < 1.29 is 4.79 Å². The van der Waals surface area contributed by atoms with Gasteiger partial charge in [-0.2, -0.15) is 0 Å². The molecule has 0 fully saturated rings. The van der Waals surface area contributed by atoms with Crippen LogP contribution in [0.5, 0.6) is 0 Å². The number of nitrogens with one attached hydrogen (secondary N) is 3. The summed E-state index contributed by atoms with van der Waals surface area (Å²) in [5.41, 5.74) is 0.791. The van der Waals surface area contributed by atoms with Crippen LogP contribution in [0.2, 0.25) is 0 Å². The van der Waals surface area contributed by atoms with E-state index in [1.165, 1.54) is 0 Å². The van der Waals surface area contributed by atoms with Gasteiger partial charge in [-0.3, -0.25) is 14.7 Å². The first-order valence-corrected chi connectivity index (χ1v) is 8.99. The van der Waals surface area contributed by atoms with Crippen LogP contribution in [-0.4, -0.2) is 55.5 Å². The predicted molar refractivity (Wildman–Crippen MR) is 121 cm³/mol. The standard InChI is InChI=1S/C19H33N5O.HI/c1-15(2)24(16(3)4)13-9-12-21-19(20-5)22-14-18(25)23-17-10-7-6-8-11-17;/h6-8,10-11,15-16H,9,12-14H2,1-5H3,(H,23,25)(H2,20,21,22);1H. The van der Waals surface area contributed by atoms with Crippen LogP contribution in [0.25, 0.3) is 0 Å². The maximum absolute atomic E-state index is 11.9. The number of anilines is 1. The molecule has 7 heteroatoms. The molecule has 0 saturated carbocycles. The zero-order chi connectivity index (χ0) is 18.7. The molecule has 0 aliphatic heterocycles. The lowest BCUT2D eigenvalue weighted by molar-refractivity contribution is -0.115. The summed E-state index contributed by atoms with van der Waals surface area (Å²) in [6, 6.07) is 10.5. The van der Waals surface area contributed by atoms with Crippen LogP contribution >= 0.6 is 24.0 Å². The minimum atomic E-state index is -0.0973. The van der Waals surface area contributed by atoms with Crippen LogP contribution in [0, 0.1) is 0 Å². The van der Waals surface area contributed by atoms with E-state index in [2.05, 4.69) is 53.5 Å². The minimum Gasteiger partial charge on any atom is -0.356 e. The second kappa shape index (κ2) is 13.8. The van der Waals surface area contributed by atoms with E-state index in [9.17, 15) is 4.79 Å². The van der Waals surface area contributed by atoms with Gasteiger partial charge in [-0.05, 0) is 46.2 Å². The van der Waals surface area contributed by atoms with Gasteiger partial charge < -0.3 is 16.0 Å². The second-order valence-electron chi connectivity index (χ2n) is 6.55. The van der Waals surface area contributed by atoms with Crippen molar-refractivity contribution in [2.45, 2.75) is 46.2 Å². The number of carbonyl (C=O) groups is 1. The first-order chi connectivity index (χ1) is 11.9. The zero-order valence-electron chi connectivity index (χ0n) is 16.6.